The van der Waals surface area contributed by atoms with Crippen LogP contribution in [0.4, 0.5) is 0 Å². The molecule has 0 heterocycles. The first kappa shape index (κ1) is 14.2. The molecule has 0 radical (unpaired) electrons. The van der Waals surface area contributed by atoms with Crippen molar-refractivity contribution in [2.45, 2.75) is 6.54 Å². The summed E-state index contributed by atoms with van der Waals surface area (Å²) >= 11 is 3.39. The SMILES string of the molecule is COCCN(CC(N)=O)Cc1ccc(Br)cc1. The third-order valence-corrected chi connectivity index (χ3v) is 2.84. The lowest BCUT2D eigenvalue weighted by molar-refractivity contribution is -0.119. The molecule has 17 heavy (non-hydrogen) atoms. The Morgan fingerprint density at radius 1 is 1.41 bits per heavy atom. The van der Waals surface area contributed by atoms with E-state index in [4.69, 9.17) is 10.5 Å². The molecule has 4 nitrogen and oxygen atoms in total. The van der Waals surface area contributed by atoms with Gasteiger partial charge in [-0.2, -0.15) is 0 Å². The smallest absolute Gasteiger partial charge is 0.231 e. The first-order valence-corrected chi connectivity index (χ1v) is 6.15. The quantitative estimate of drug-likeness (QED) is 0.828. The first-order valence-electron chi connectivity index (χ1n) is 5.36. The zero-order valence-corrected chi connectivity index (χ0v) is 11.4. The molecule has 0 unspecified atom stereocenters. The topological polar surface area (TPSA) is 55.6 Å². The van der Waals surface area contributed by atoms with E-state index in [2.05, 4.69) is 15.9 Å². The maximum absolute atomic E-state index is 10.9. The molecule has 0 aromatic heterocycles. The van der Waals surface area contributed by atoms with Crippen LogP contribution in [-0.2, 0) is 16.1 Å². The van der Waals surface area contributed by atoms with Gasteiger partial charge in [0.1, 0.15) is 0 Å². The monoisotopic (exact) mass is 300 g/mol. The number of carbonyl (C=O) groups is 1. The molecule has 5 heteroatoms. The minimum Gasteiger partial charge on any atom is -0.383 e. The van der Waals surface area contributed by atoms with Crippen LogP contribution in [0.15, 0.2) is 28.7 Å². The van der Waals surface area contributed by atoms with Crippen LogP contribution in [0.3, 0.4) is 0 Å². The van der Waals surface area contributed by atoms with Crippen molar-refractivity contribution in [2.24, 2.45) is 5.73 Å². The fraction of sp³-hybridized carbons (Fsp3) is 0.417. The Labute approximate surface area is 110 Å². The predicted octanol–water partition coefficient (Wildman–Crippen LogP) is 1.38. The lowest BCUT2D eigenvalue weighted by Crippen LogP contribution is -2.35. The van der Waals surface area contributed by atoms with Crippen LogP contribution in [0, 0.1) is 0 Å². The maximum atomic E-state index is 10.9. The highest BCUT2D eigenvalue weighted by atomic mass is 79.9. The summed E-state index contributed by atoms with van der Waals surface area (Å²) in [4.78, 5) is 12.9. The van der Waals surface area contributed by atoms with E-state index in [-0.39, 0.29) is 12.5 Å². The average molecular weight is 301 g/mol. The van der Waals surface area contributed by atoms with Gasteiger partial charge in [-0.15, -0.1) is 0 Å². The highest BCUT2D eigenvalue weighted by molar-refractivity contribution is 9.10. The van der Waals surface area contributed by atoms with Gasteiger partial charge < -0.3 is 10.5 Å². The van der Waals surface area contributed by atoms with E-state index in [1.54, 1.807) is 7.11 Å². The lowest BCUT2D eigenvalue weighted by Gasteiger charge is -2.20. The molecule has 0 atom stereocenters. The van der Waals surface area contributed by atoms with Gasteiger partial charge in [-0.3, -0.25) is 9.69 Å². The Kier molecular flexibility index (Phi) is 6.18. The van der Waals surface area contributed by atoms with E-state index in [1.807, 2.05) is 29.2 Å². The number of nitrogens with zero attached hydrogens (tertiary/aromatic N) is 1. The van der Waals surface area contributed by atoms with Crippen molar-refractivity contribution >= 4 is 21.8 Å². The molecule has 1 aromatic carbocycles. The minimum atomic E-state index is -0.321. The minimum absolute atomic E-state index is 0.249. The molecule has 0 aliphatic heterocycles. The number of methoxy groups -OCH3 is 1. The van der Waals surface area contributed by atoms with Gasteiger partial charge >= 0.3 is 0 Å². The molecule has 1 amide bonds. The number of halogens is 1. The zero-order chi connectivity index (χ0) is 12.7. The van der Waals surface area contributed by atoms with Crippen molar-refractivity contribution in [3.05, 3.63) is 34.3 Å². The number of nitrogens with two attached hydrogens (primary N) is 1. The van der Waals surface area contributed by atoms with Gasteiger partial charge in [0.2, 0.25) is 5.91 Å². The summed E-state index contributed by atoms with van der Waals surface area (Å²) in [5.74, 6) is -0.321. The maximum Gasteiger partial charge on any atom is 0.231 e. The average Bonchev–Trinajstić information content (AvgIpc) is 2.28. The van der Waals surface area contributed by atoms with Gasteiger partial charge in [0.25, 0.3) is 0 Å². The predicted molar refractivity (Wildman–Crippen MR) is 70.5 cm³/mol. The van der Waals surface area contributed by atoms with Gasteiger partial charge in [0.05, 0.1) is 13.2 Å². The van der Waals surface area contributed by atoms with Crippen LogP contribution in [0.1, 0.15) is 5.56 Å². The lowest BCUT2D eigenvalue weighted by atomic mass is 10.2. The summed E-state index contributed by atoms with van der Waals surface area (Å²) < 4.78 is 6.05. The zero-order valence-electron chi connectivity index (χ0n) is 9.86. The molecule has 1 rings (SSSR count). The fourth-order valence-corrected chi connectivity index (χ4v) is 1.77. The van der Waals surface area contributed by atoms with Crippen LogP contribution in [0.25, 0.3) is 0 Å². The summed E-state index contributed by atoms with van der Waals surface area (Å²) in [6, 6.07) is 8.00. The van der Waals surface area contributed by atoms with Gasteiger partial charge in [0, 0.05) is 24.7 Å². The summed E-state index contributed by atoms with van der Waals surface area (Å²) in [6.45, 7) is 2.22. The van der Waals surface area contributed by atoms with Crippen LogP contribution in [0.5, 0.6) is 0 Å². The Bertz CT molecular complexity index is 354. The Morgan fingerprint density at radius 3 is 2.59 bits per heavy atom. The molecule has 1 aromatic rings. The molecule has 0 saturated heterocycles. The molecular weight excluding hydrogens is 284 g/mol. The number of benzene rings is 1. The molecule has 2 N–H and O–H groups in total. The number of hydrogen-bond donors (Lipinski definition) is 1. The Morgan fingerprint density at radius 2 is 2.06 bits per heavy atom. The van der Waals surface area contributed by atoms with Gasteiger partial charge in [0.15, 0.2) is 0 Å². The van der Waals surface area contributed by atoms with Gasteiger partial charge in [-0.1, -0.05) is 28.1 Å². The van der Waals surface area contributed by atoms with Crippen molar-refractivity contribution in [3.63, 3.8) is 0 Å². The van der Waals surface area contributed by atoms with Crippen molar-refractivity contribution in [3.8, 4) is 0 Å². The summed E-state index contributed by atoms with van der Waals surface area (Å²) in [7, 11) is 1.64. The van der Waals surface area contributed by atoms with Crippen LogP contribution in [-0.4, -0.2) is 37.6 Å². The van der Waals surface area contributed by atoms with E-state index in [1.165, 1.54) is 0 Å². The highest BCUT2D eigenvalue weighted by Crippen LogP contribution is 2.12. The summed E-state index contributed by atoms with van der Waals surface area (Å²) in [6.07, 6.45) is 0. The molecular formula is C12H17BrN2O2. The third-order valence-electron chi connectivity index (χ3n) is 2.31. The fourth-order valence-electron chi connectivity index (χ4n) is 1.50. The van der Waals surface area contributed by atoms with Crippen LogP contribution < -0.4 is 5.73 Å². The number of ether oxygens (including phenoxy) is 1. The first-order chi connectivity index (χ1) is 8.11. The molecule has 0 aliphatic carbocycles. The molecule has 0 bridgehead atoms. The molecule has 94 valence electrons. The molecule has 0 aliphatic rings. The number of carbonyl (C=O) groups excluding carboxylic acids is 1. The Hall–Kier alpha value is -0.910. The van der Waals surface area contributed by atoms with Gasteiger partial charge in [-0.25, -0.2) is 0 Å². The number of primary amides is 1. The van der Waals surface area contributed by atoms with Crippen molar-refractivity contribution in [1.82, 2.24) is 4.90 Å². The number of amides is 1. The van der Waals surface area contributed by atoms with Gasteiger partial charge in [-0.05, 0) is 17.7 Å². The van der Waals surface area contributed by atoms with Crippen molar-refractivity contribution in [2.75, 3.05) is 26.8 Å². The van der Waals surface area contributed by atoms with Crippen molar-refractivity contribution in [1.29, 1.82) is 0 Å². The Balaban J connectivity index is 2.57. The number of hydrogen-bond acceptors (Lipinski definition) is 3. The number of rotatable bonds is 7. The van der Waals surface area contributed by atoms with Crippen LogP contribution >= 0.6 is 15.9 Å². The second-order valence-corrected chi connectivity index (χ2v) is 4.71. The van der Waals surface area contributed by atoms with E-state index in [0.717, 1.165) is 10.0 Å². The van der Waals surface area contributed by atoms with Crippen LogP contribution in [0.2, 0.25) is 0 Å². The normalized spacial score (nSPS) is 10.8. The molecule has 0 spiro atoms. The molecule has 0 fully saturated rings. The highest BCUT2D eigenvalue weighted by Gasteiger charge is 2.08. The van der Waals surface area contributed by atoms with E-state index in [0.29, 0.717) is 19.7 Å². The second-order valence-electron chi connectivity index (χ2n) is 3.80. The second kappa shape index (κ2) is 7.42. The van der Waals surface area contributed by atoms with E-state index < -0.39 is 0 Å². The van der Waals surface area contributed by atoms with E-state index >= 15 is 0 Å². The third kappa shape index (κ3) is 5.81. The molecule has 0 saturated carbocycles. The standard InChI is InChI=1S/C12H17BrN2O2/c1-17-7-6-15(9-12(14)16)8-10-2-4-11(13)5-3-10/h2-5H,6-9H2,1H3,(H2,14,16). The van der Waals surface area contributed by atoms with Crippen molar-refractivity contribution < 1.29 is 9.53 Å². The largest absolute Gasteiger partial charge is 0.383 e. The summed E-state index contributed by atoms with van der Waals surface area (Å²) in [5.41, 5.74) is 6.36. The summed E-state index contributed by atoms with van der Waals surface area (Å²) in [5, 5.41) is 0. The van der Waals surface area contributed by atoms with E-state index in [9.17, 15) is 4.79 Å².